The van der Waals surface area contributed by atoms with Gasteiger partial charge in [0.1, 0.15) is 0 Å². The number of rotatable bonds is 4. The monoisotopic (exact) mass is 296 g/mol. The number of likely N-dealkylation sites (tertiary alicyclic amines) is 1. The molecule has 22 heavy (non-hydrogen) atoms. The Morgan fingerprint density at radius 1 is 1.27 bits per heavy atom. The number of hydrogen-bond acceptors (Lipinski definition) is 3. The normalized spacial score (nSPS) is 21.0. The molecule has 0 aliphatic carbocycles. The molecule has 114 valence electrons. The summed E-state index contributed by atoms with van der Waals surface area (Å²) in [6, 6.07) is 13.9. The third kappa shape index (κ3) is 3.02. The molecule has 0 spiro atoms. The van der Waals surface area contributed by atoms with E-state index in [1.54, 1.807) is 25.6 Å². The van der Waals surface area contributed by atoms with Crippen molar-refractivity contribution in [3.8, 4) is 0 Å². The SMILES string of the molecule is CO[C@@H]1CCN(C(=O)c2cccnc2)[C@@H]1Cc1ccccc1. The smallest absolute Gasteiger partial charge is 0.255 e. The number of aromatic nitrogens is 1. The van der Waals surface area contributed by atoms with Crippen LogP contribution >= 0.6 is 0 Å². The summed E-state index contributed by atoms with van der Waals surface area (Å²) in [5.41, 5.74) is 1.86. The molecule has 1 saturated heterocycles. The number of ether oxygens (including phenoxy) is 1. The fourth-order valence-corrected chi connectivity index (χ4v) is 3.10. The van der Waals surface area contributed by atoms with Crippen molar-refractivity contribution in [1.82, 2.24) is 9.88 Å². The quantitative estimate of drug-likeness (QED) is 0.871. The largest absolute Gasteiger partial charge is 0.379 e. The summed E-state index contributed by atoms with van der Waals surface area (Å²) in [5, 5.41) is 0. The zero-order valence-electron chi connectivity index (χ0n) is 12.7. The first-order valence-corrected chi connectivity index (χ1v) is 7.57. The van der Waals surface area contributed by atoms with Crippen molar-refractivity contribution < 1.29 is 9.53 Å². The molecule has 3 rings (SSSR count). The Morgan fingerprint density at radius 2 is 2.09 bits per heavy atom. The molecule has 1 aromatic heterocycles. The highest BCUT2D eigenvalue weighted by Gasteiger charge is 2.37. The Kier molecular flexibility index (Phi) is 4.49. The van der Waals surface area contributed by atoms with Crippen LogP contribution in [0, 0.1) is 0 Å². The number of hydrogen-bond donors (Lipinski definition) is 0. The topological polar surface area (TPSA) is 42.4 Å². The summed E-state index contributed by atoms with van der Waals surface area (Å²) in [5.74, 6) is 0.0357. The predicted molar refractivity (Wildman–Crippen MR) is 84.6 cm³/mol. The van der Waals surface area contributed by atoms with Gasteiger partial charge in [-0.3, -0.25) is 9.78 Å². The first-order chi connectivity index (χ1) is 10.8. The standard InChI is InChI=1S/C18H20N2O2/c1-22-17-9-11-20(18(21)15-8-5-10-19-13-15)16(17)12-14-6-3-2-4-7-14/h2-8,10,13,16-17H,9,11-12H2,1H3/t16-,17-/m1/s1. The van der Waals surface area contributed by atoms with Crippen molar-refractivity contribution in [2.75, 3.05) is 13.7 Å². The number of benzene rings is 1. The minimum absolute atomic E-state index is 0.0357. The van der Waals surface area contributed by atoms with Gasteiger partial charge in [-0.2, -0.15) is 0 Å². The molecule has 4 nitrogen and oxygen atoms in total. The van der Waals surface area contributed by atoms with Crippen molar-refractivity contribution in [3.05, 3.63) is 66.0 Å². The second-order valence-corrected chi connectivity index (χ2v) is 5.56. The van der Waals surface area contributed by atoms with E-state index in [4.69, 9.17) is 4.74 Å². The van der Waals surface area contributed by atoms with Crippen molar-refractivity contribution in [3.63, 3.8) is 0 Å². The molecule has 1 amide bonds. The third-order valence-corrected chi connectivity index (χ3v) is 4.24. The number of methoxy groups -OCH3 is 1. The Bertz CT molecular complexity index is 615. The molecule has 2 heterocycles. The van der Waals surface area contributed by atoms with E-state index < -0.39 is 0 Å². The summed E-state index contributed by atoms with van der Waals surface area (Å²) >= 11 is 0. The van der Waals surface area contributed by atoms with Crippen LogP contribution in [-0.2, 0) is 11.2 Å². The summed E-state index contributed by atoms with van der Waals surface area (Å²) < 4.78 is 5.60. The molecule has 1 aliphatic heterocycles. The molecular weight excluding hydrogens is 276 g/mol. The lowest BCUT2D eigenvalue weighted by atomic mass is 10.0. The molecule has 1 aliphatic rings. The van der Waals surface area contributed by atoms with Gasteiger partial charge in [0.2, 0.25) is 0 Å². The minimum atomic E-state index is 0.0357. The molecule has 1 fully saturated rings. The van der Waals surface area contributed by atoms with Crippen molar-refractivity contribution in [2.24, 2.45) is 0 Å². The van der Waals surface area contributed by atoms with Crippen molar-refractivity contribution in [2.45, 2.75) is 25.0 Å². The molecule has 2 aromatic rings. The van der Waals surface area contributed by atoms with Crippen LogP contribution in [-0.4, -0.2) is 41.6 Å². The summed E-state index contributed by atoms with van der Waals surface area (Å²) in [7, 11) is 1.72. The number of carbonyl (C=O) groups excluding carboxylic acids is 1. The lowest BCUT2D eigenvalue weighted by Crippen LogP contribution is -2.41. The fourth-order valence-electron chi connectivity index (χ4n) is 3.10. The van der Waals surface area contributed by atoms with Gasteiger partial charge in [0, 0.05) is 26.0 Å². The lowest BCUT2D eigenvalue weighted by Gasteiger charge is -2.28. The van der Waals surface area contributed by atoms with Crippen LogP contribution in [0.3, 0.4) is 0 Å². The lowest BCUT2D eigenvalue weighted by molar-refractivity contribution is 0.0508. The summed E-state index contributed by atoms with van der Waals surface area (Å²) in [6.45, 7) is 0.726. The van der Waals surface area contributed by atoms with Crippen LogP contribution in [0.25, 0.3) is 0 Å². The molecular formula is C18H20N2O2. The first kappa shape index (κ1) is 14.7. The van der Waals surface area contributed by atoms with E-state index in [-0.39, 0.29) is 18.1 Å². The van der Waals surface area contributed by atoms with Crippen molar-refractivity contribution in [1.29, 1.82) is 0 Å². The van der Waals surface area contributed by atoms with E-state index in [0.29, 0.717) is 5.56 Å². The second kappa shape index (κ2) is 6.71. The molecule has 0 saturated carbocycles. The minimum Gasteiger partial charge on any atom is -0.379 e. The average Bonchev–Trinajstić information content (AvgIpc) is 2.98. The van der Waals surface area contributed by atoms with Gasteiger partial charge in [-0.1, -0.05) is 30.3 Å². The van der Waals surface area contributed by atoms with Gasteiger partial charge in [-0.25, -0.2) is 0 Å². The average molecular weight is 296 g/mol. The van der Waals surface area contributed by atoms with Crippen LogP contribution in [0.15, 0.2) is 54.9 Å². The highest BCUT2D eigenvalue weighted by molar-refractivity contribution is 5.94. The molecule has 0 radical (unpaired) electrons. The van der Waals surface area contributed by atoms with Crippen molar-refractivity contribution >= 4 is 5.91 Å². The Morgan fingerprint density at radius 3 is 2.77 bits per heavy atom. The van der Waals surface area contributed by atoms with Gasteiger partial charge in [0.25, 0.3) is 5.91 Å². The number of carbonyl (C=O) groups is 1. The molecule has 4 heteroatoms. The van der Waals surface area contributed by atoms with Gasteiger partial charge in [-0.05, 0) is 30.5 Å². The molecule has 2 atom stereocenters. The van der Waals surface area contributed by atoms with E-state index in [0.717, 1.165) is 19.4 Å². The Hall–Kier alpha value is -2.20. The first-order valence-electron chi connectivity index (χ1n) is 7.57. The van der Waals surface area contributed by atoms with Crippen LogP contribution in [0.2, 0.25) is 0 Å². The highest BCUT2D eigenvalue weighted by Crippen LogP contribution is 2.25. The number of pyridine rings is 1. The van der Waals surface area contributed by atoms with Gasteiger partial charge in [0.15, 0.2) is 0 Å². The number of nitrogens with zero attached hydrogens (tertiary/aromatic N) is 2. The molecule has 1 aromatic carbocycles. The van der Waals surface area contributed by atoms with E-state index in [9.17, 15) is 4.79 Å². The molecule has 0 bridgehead atoms. The highest BCUT2D eigenvalue weighted by atomic mass is 16.5. The summed E-state index contributed by atoms with van der Waals surface area (Å²) in [6.07, 6.45) is 5.08. The van der Waals surface area contributed by atoms with Gasteiger partial charge < -0.3 is 9.64 Å². The van der Waals surface area contributed by atoms with Gasteiger partial charge in [0.05, 0.1) is 17.7 Å². The maximum atomic E-state index is 12.7. The van der Waals surface area contributed by atoms with E-state index in [2.05, 4.69) is 17.1 Å². The Balaban J connectivity index is 1.81. The van der Waals surface area contributed by atoms with Crippen LogP contribution in [0.5, 0.6) is 0 Å². The van der Waals surface area contributed by atoms with Gasteiger partial charge >= 0.3 is 0 Å². The predicted octanol–water partition coefficient (Wildman–Crippen LogP) is 2.55. The number of amides is 1. The van der Waals surface area contributed by atoms with E-state index >= 15 is 0 Å². The van der Waals surface area contributed by atoms with Crippen LogP contribution < -0.4 is 0 Å². The summed E-state index contributed by atoms with van der Waals surface area (Å²) in [4.78, 5) is 18.7. The van der Waals surface area contributed by atoms with Gasteiger partial charge in [-0.15, -0.1) is 0 Å². The van der Waals surface area contributed by atoms with E-state index in [1.807, 2.05) is 29.2 Å². The van der Waals surface area contributed by atoms with Crippen LogP contribution in [0.4, 0.5) is 0 Å². The molecule has 0 unspecified atom stereocenters. The molecule has 0 N–H and O–H groups in total. The maximum Gasteiger partial charge on any atom is 0.255 e. The maximum absolute atomic E-state index is 12.7. The zero-order valence-corrected chi connectivity index (χ0v) is 12.7. The Labute approximate surface area is 130 Å². The second-order valence-electron chi connectivity index (χ2n) is 5.56. The van der Waals surface area contributed by atoms with Crippen LogP contribution in [0.1, 0.15) is 22.3 Å². The fraction of sp³-hybridized carbons (Fsp3) is 0.333. The zero-order chi connectivity index (χ0) is 15.4. The van der Waals surface area contributed by atoms with E-state index in [1.165, 1.54) is 5.56 Å². The third-order valence-electron chi connectivity index (χ3n) is 4.24.